The molecule has 0 radical (unpaired) electrons. The van der Waals surface area contributed by atoms with Gasteiger partial charge in [0, 0.05) is 12.6 Å². The molecule has 2 heteroatoms. The fourth-order valence-corrected chi connectivity index (χ4v) is 3.30. The van der Waals surface area contributed by atoms with Crippen molar-refractivity contribution in [1.29, 1.82) is 0 Å². The maximum absolute atomic E-state index is 3.84. The highest BCUT2D eigenvalue weighted by molar-refractivity contribution is 4.90. The van der Waals surface area contributed by atoms with Crippen LogP contribution in [0.2, 0.25) is 0 Å². The molecule has 16 heavy (non-hydrogen) atoms. The molecule has 0 amide bonds. The van der Waals surface area contributed by atoms with Crippen LogP contribution in [0.3, 0.4) is 0 Å². The molecule has 1 saturated carbocycles. The summed E-state index contributed by atoms with van der Waals surface area (Å²) >= 11 is 0. The van der Waals surface area contributed by atoms with Gasteiger partial charge in [-0.25, -0.2) is 0 Å². The molecule has 1 aliphatic heterocycles. The predicted octanol–water partition coefficient (Wildman–Crippen LogP) is 2.64. The van der Waals surface area contributed by atoms with Gasteiger partial charge in [-0.05, 0) is 57.7 Å². The number of nitrogens with zero attached hydrogens (tertiary/aromatic N) is 1. The van der Waals surface area contributed by atoms with Crippen LogP contribution < -0.4 is 5.32 Å². The number of hydrogen-bond acceptors (Lipinski definition) is 2. The Morgan fingerprint density at radius 2 is 1.94 bits per heavy atom. The Morgan fingerprint density at radius 3 is 2.44 bits per heavy atom. The lowest BCUT2D eigenvalue weighted by Crippen LogP contribution is -2.47. The molecule has 94 valence electrons. The van der Waals surface area contributed by atoms with Gasteiger partial charge in [0.1, 0.15) is 0 Å². The first-order valence-electron chi connectivity index (χ1n) is 7.16. The first-order chi connectivity index (χ1) is 7.74. The maximum atomic E-state index is 3.84. The lowest BCUT2D eigenvalue weighted by Gasteiger charge is -2.44. The van der Waals surface area contributed by atoms with E-state index in [1.54, 1.807) is 0 Å². The van der Waals surface area contributed by atoms with E-state index in [1.807, 2.05) is 0 Å². The van der Waals surface area contributed by atoms with Crippen LogP contribution in [-0.4, -0.2) is 37.6 Å². The Morgan fingerprint density at radius 1 is 1.25 bits per heavy atom. The minimum atomic E-state index is 0.693. The van der Waals surface area contributed by atoms with Crippen molar-refractivity contribution >= 4 is 0 Å². The van der Waals surface area contributed by atoms with Crippen molar-refractivity contribution in [3.63, 3.8) is 0 Å². The number of nitrogens with one attached hydrogen (secondary N) is 1. The summed E-state index contributed by atoms with van der Waals surface area (Å²) in [4.78, 5) is 2.45. The van der Waals surface area contributed by atoms with Gasteiger partial charge in [-0.3, -0.25) is 0 Å². The average Bonchev–Trinajstić information content (AvgIpc) is 2.24. The summed E-state index contributed by atoms with van der Waals surface area (Å²) in [7, 11) is 2.24. The largest absolute Gasteiger partial charge is 0.313 e. The second-order valence-electron chi connectivity index (χ2n) is 6.06. The normalized spacial score (nSPS) is 26.6. The number of rotatable bonds is 5. The highest BCUT2D eigenvalue weighted by atomic mass is 15.1. The Kier molecular flexibility index (Phi) is 4.26. The van der Waals surface area contributed by atoms with Crippen LogP contribution in [0.15, 0.2) is 0 Å². The van der Waals surface area contributed by atoms with Crippen LogP contribution >= 0.6 is 0 Å². The zero-order chi connectivity index (χ0) is 11.4. The molecule has 0 atom stereocenters. The molecule has 2 rings (SSSR count). The van der Waals surface area contributed by atoms with Crippen molar-refractivity contribution in [3.8, 4) is 0 Å². The zero-order valence-electron chi connectivity index (χ0n) is 11.1. The van der Waals surface area contributed by atoms with E-state index in [2.05, 4.69) is 24.2 Å². The summed E-state index contributed by atoms with van der Waals surface area (Å²) < 4.78 is 0. The van der Waals surface area contributed by atoms with Crippen LogP contribution in [0.5, 0.6) is 0 Å². The number of hydrogen-bond donors (Lipinski definition) is 1. The van der Waals surface area contributed by atoms with Gasteiger partial charge in [0.15, 0.2) is 0 Å². The molecule has 2 nitrogen and oxygen atoms in total. The van der Waals surface area contributed by atoms with Crippen molar-refractivity contribution in [1.82, 2.24) is 10.2 Å². The van der Waals surface area contributed by atoms with E-state index in [0.29, 0.717) is 5.41 Å². The van der Waals surface area contributed by atoms with Crippen LogP contribution in [0.25, 0.3) is 0 Å². The van der Waals surface area contributed by atoms with Crippen molar-refractivity contribution in [2.24, 2.45) is 5.41 Å². The fourth-order valence-electron chi connectivity index (χ4n) is 3.30. The van der Waals surface area contributed by atoms with E-state index in [4.69, 9.17) is 0 Å². The van der Waals surface area contributed by atoms with Crippen LogP contribution in [-0.2, 0) is 0 Å². The molecular formula is C14H28N2. The van der Waals surface area contributed by atoms with Crippen molar-refractivity contribution in [2.75, 3.05) is 26.7 Å². The zero-order valence-corrected chi connectivity index (χ0v) is 11.1. The third kappa shape index (κ3) is 2.98. The topological polar surface area (TPSA) is 15.3 Å². The fraction of sp³-hybridized carbons (Fsp3) is 1.00. The molecule has 0 aromatic rings. The van der Waals surface area contributed by atoms with Gasteiger partial charge < -0.3 is 10.2 Å². The number of likely N-dealkylation sites (tertiary alicyclic amines) is 1. The molecule has 2 aliphatic rings. The maximum Gasteiger partial charge on any atom is 0.00916 e. The minimum Gasteiger partial charge on any atom is -0.313 e. The monoisotopic (exact) mass is 224 g/mol. The van der Waals surface area contributed by atoms with Gasteiger partial charge >= 0.3 is 0 Å². The van der Waals surface area contributed by atoms with Gasteiger partial charge in [0.05, 0.1) is 0 Å². The summed E-state index contributed by atoms with van der Waals surface area (Å²) in [6, 6.07) is 0.797. The molecule has 1 aliphatic carbocycles. The van der Waals surface area contributed by atoms with Crippen molar-refractivity contribution in [2.45, 2.75) is 57.9 Å². The Labute approximate surface area is 101 Å². The molecule has 0 aromatic heterocycles. The molecule has 1 N–H and O–H groups in total. The van der Waals surface area contributed by atoms with E-state index >= 15 is 0 Å². The SMILES string of the molecule is CCCC1(CNC2CCN(C)CC2)CCC1. The molecule has 2 fully saturated rings. The van der Waals surface area contributed by atoms with Gasteiger partial charge in [0.2, 0.25) is 0 Å². The second-order valence-corrected chi connectivity index (χ2v) is 6.06. The van der Waals surface area contributed by atoms with Gasteiger partial charge in [-0.1, -0.05) is 19.8 Å². The summed E-state index contributed by atoms with van der Waals surface area (Å²) in [5.74, 6) is 0. The predicted molar refractivity (Wildman–Crippen MR) is 69.7 cm³/mol. The lowest BCUT2D eigenvalue weighted by molar-refractivity contribution is 0.104. The quantitative estimate of drug-likeness (QED) is 0.772. The third-order valence-electron chi connectivity index (χ3n) is 4.68. The van der Waals surface area contributed by atoms with Gasteiger partial charge in [0.25, 0.3) is 0 Å². The summed E-state index contributed by atoms with van der Waals surface area (Å²) in [6.07, 6.45) is 9.90. The molecule has 0 bridgehead atoms. The third-order valence-corrected chi connectivity index (χ3v) is 4.68. The molecule has 1 heterocycles. The standard InChI is InChI=1S/C14H28N2/c1-3-7-14(8-4-9-14)12-15-13-5-10-16(2)11-6-13/h13,15H,3-12H2,1-2H3. The minimum absolute atomic E-state index is 0.693. The van der Waals surface area contributed by atoms with Gasteiger partial charge in [-0.15, -0.1) is 0 Å². The highest BCUT2D eigenvalue weighted by Gasteiger charge is 2.36. The van der Waals surface area contributed by atoms with E-state index in [-0.39, 0.29) is 0 Å². The van der Waals surface area contributed by atoms with E-state index in [1.165, 1.54) is 64.6 Å². The van der Waals surface area contributed by atoms with E-state index in [9.17, 15) is 0 Å². The first kappa shape index (κ1) is 12.4. The Hall–Kier alpha value is -0.0800. The van der Waals surface area contributed by atoms with E-state index in [0.717, 1.165) is 6.04 Å². The molecule has 0 unspecified atom stereocenters. The van der Waals surface area contributed by atoms with E-state index < -0.39 is 0 Å². The summed E-state index contributed by atoms with van der Waals surface area (Å²) in [5, 5.41) is 3.84. The van der Waals surface area contributed by atoms with Crippen LogP contribution in [0, 0.1) is 5.41 Å². The lowest BCUT2D eigenvalue weighted by atomic mass is 9.66. The molecule has 0 spiro atoms. The van der Waals surface area contributed by atoms with Crippen molar-refractivity contribution < 1.29 is 0 Å². The smallest absolute Gasteiger partial charge is 0.00916 e. The van der Waals surface area contributed by atoms with Crippen LogP contribution in [0.1, 0.15) is 51.9 Å². The van der Waals surface area contributed by atoms with Gasteiger partial charge in [-0.2, -0.15) is 0 Å². The van der Waals surface area contributed by atoms with Crippen LogP contribution in [0.4, 0.5) is 0 Å². The Balaban J connectivity index is 1.70. The summed E-state index contributed by atoms with van der Waals surface area (Å²) in [6.45, 7) is 6.17. The summed E-state index contributed by atoms with van der Waals surface area (Å²) in [5.41, 5.74) is 0.693. The molecule has 1 saturated heterocycles. The van der Waals surface area contributed by atoms with Crippen molar-refractivity contribution in [3.05, 3.63) is 0 Å². The molecule has 0 aromatic carbocycles. The molecular weight excluding hydrogens is 196 g/mol. The first-order valence-corrected chi connectivity index (χ1v) is 7.16. The Bertz CT molecular complexity index is 203. The average molecular weight is 224 g/mol. The number of piperidine rings is 1. The highest BCUT2D eigenvalue weighted by Crippen LogP contribution is 2.44. The second kappa shape index (κ2) is 5.50.